The van der Waals surface area contributed by atoms with E-state index in [1.165, 1.54) is 22.1 Å². The second-order valence-electron chi connectivity index (χ2n) is 3.73. The standard InChI is InChI=1S/C11H21N3S/c1-5-7-14(8-6-12-4)11-13-9(2)10(3)15-11/h12H,5-8H2,1-4H3. The van der Waals surface area contributed by atoms with Crippen molar-refractivity contribution < 1.29 is 0 Å². The predicted octanol–water partition coefficient (Wildman–Crippen LogP) is 2.20. The molecule has 0 spiro atoms. The van der Waals surface area contributed by atoms with Crippen LogP contribution in [-0.2, 0) is 0 Å². The molecule has 0 radical (unpaired) electrons. The Morgan fingerprint density at radius 1 is 1.33 bits per heavy atom. The van der Waals surface area contributed by atoms with Gasteiger partial charge in [-0.2, -0.15) is 0 Å². The highest BCUT2D eigenvalue weighted by atomic mass is 32.1. The third-order valence-electron chi connectivity index (χ3n) is 2.41. The molecule has 86 valence electrons. The molecule has 0 atom stereocenters. The van der Waals surface area contributed by atoms with Crippen LogP contribution in [0.1, 0.15) is 23.9 Å². The van der Waals surface area contributed by atoms with E-state index in [0.717, 1.165) is 19.6 Å². The first-order valence-electron chi connectivity index (χ1n) is 5.52. The molecular formula is C11H21N3S. The zero-order valence-electron chi connectivity index (χ0n) is 10.1. The van der Waals surface area contributed by atoms with E-state index in [0.29, 0.717) is 0 Å². The van der Waals surface area contributed by atoms with Gasteiger partial charge < -0.3 is 10.2 Å². The van der Waals surface area contributed by atoms with Crippen LogP contribution in [0.3, 0.4) is 0 Å². The summed E-state index contributed by atoms with van der Waals surface area (Å²) in [6, 6.07) is 0. The van der Waals surface area contributed by atoms with Gasteiger partial charge in [0.25, 0.3) is 0 Å². The van der Waals surface area contributed by atoms with Gasteiger partial charge in [-0.25, -0.2) is 4.98 Å². The lowest BCUT2D eigenvalue weighted by atomic mass is 10.4. The van der Waals surface area contributed by atoms with Crippen molar-refractivity contribution >= 4 is 16.5 Å². The average Bonchev–Trinajstić information content (AvgIpc) is 2.54. The number of aromatic nitrogens is 1. The number of thiazole rings is 1. The summed E-state index contributed by atoms with van der Waals surface area (Å²) in [6.45, 7) is 9.57. The third-order valence-corrected chi connectivity index (χ3v) is 3.55. The van der Waals surface area contributed by atoms with E-state index in [2.05, 4.69) is 36.0 Å². The Morgan fingerprint density at radius 3 is 2.53 bits per heavy atom. The summed E-state index contributed by atoms with van der Waals surface area (Å²) in [5, 5.41) is 4.35. The molecule has 1 rings (SSSR count). The Balaban J connectivity index is 2.69. The van der Waals surface area contributed by atoms with Gasteiger partial charge in [0.2, 0.25) is 0 Å². The maximum absolute atomic E-state index is 4.60. The van der Waals surface area contributed by atoms with Crippen LogP contribution in [0.25, 0.3) is 0 Å². The van der Waals surface area contributed by atoms with Crippen molar-refractivity contribution in [2.24, 2.45) is 0 Å². The Bertz CT molecular complexity index is 277. The first kappa shape index (κ1) is 12.5. The van der Waals surface area contributed by atoms with Crippen molar-refractivity contribution in [1.82, 2.24) is 10.3 Å². The Morgan fingerprint density at radius 2 is 2.07 bits per heavy atom. The number of hydrogen-bond acceptors (Lipinski definition) is 4. The van der Waals surface area contributed by atoms with Crippen molar-refractivity contribution in [3.05, 3.63) is 10.6 Å². The first-order valence-corrected chi connectivity index (χ1v) is 6.34. The average molecular weight is 227 g/mol. The summed E-state index contributed by atoms with van der Waals surface area (Å²) in [5.74, 6) is 0. The molecule has 0 unspecified atom stereocenters. The molecule has 0 fully saturated rings. The van der Waals surface area contributed by atoms with E-state index < -0.39 is 0 Å². The van der Waals surface area contributed by atoms with E-state index in [-0.39, 0.29) is 0 Å². The van der Waals surface area contributed by atoms with Gasteiger partial charge >= 0.3 is 0 Å². The quantitative estimate of drug-likeness (QED) is 0.807. The van der Waals surface area contributed by atoms with Crippen molar-refractivity contribution in [3.8, 4) is 0 Å². The lowest BCUT2D eigenvalue weighted by Crippen LogP contribution is -2.31. The monoisotopic (exact) mass is 227 g/mol. The molecule has 15 heavy (non-hydrogen) atoms. The lowest BCUT2D eigenvalue weighted by Gasteiger charge is -2.20. The molecule has 1 aromatic rings. The number of aryl methyl sites for hydroxylation is 2. The largest absolute Gasteiger partial charge is 0.347 e. The molecule has 4 heteroatoms. The zero-order chi connectivity index (χ0) is 11.3. The molecule has 3 nitrogen and oxygen atoms in total. The smallest absolute Gasteiger partial charge is 0.185 e. The molecule has 1 heterocycles. The molecule has 0 bridgehead atoms. The zero-order valence-corrected chi connectivity index (χ0v) is 10.9. The molecule has 0 aliphatic heterocycles. The van der Waals surface area contributed by atoms with Crippen LogP contribution in [0.2, 0.25) is 0 Å². The molecule has 1 aromatic heterocycles. The fourth-order valence-electron chi connectivity index (χ4n) is 1.41. The van der Waals surface area contributed by atoms with Crippen molar-refractivity contribution in [3.63, 3.8) is 0 Å². The highest BCUT2D eigenvalue weighted by molar-refractivity contribution is 7.15. The van der Waals surface area contributed by atoms with E-state index in [9.17, 15) is 0 Å². The number of hydrogen-bond donors (Lipinski definition) is 1. The SMILES string of the molecule is CCCN(CCNC)c1nc(C)c(C)s1. The molecule has 0 saturated carbocycles. The second-order valence-corrected chi connectivity index (χ2v) is 4.91. The fourth-order valence-corrected chi connectivity index (χ4v) is 2.37. The van der Waals surface area contributed by atoms with Crippen molar-refractivity contribution in [1.29, 1.82) is 0 Å². The highest BCUT2D eigenvalue weighted by Crippen LogP contribution is 2.24. The van der Waals surface area contributed by atoms with Crippen LogP contribution in [0.4, 0.5) is 5.13 Å². The maximum atomic E-state index is 4.60. The van der Waals surface area contributed by atoms with Crippen LogP contribution in [0, 0.1) is 13.8 Å². The second kappa shape index (κ2) is 6.08. The van der Waals surface area contributed by atoms with E-state index >= 15 is 0 Å². The molecule has 0 saturated heterocycles. The topological polar surface area (TPSA) is 28.2 Å². The summed E-state index contributed by atoms with van der Waals surface area (Å²) < 4.78 is 0. The normalized spacial score (nSPS) is 10.7. The minimum Gasteiger partial charge on any atom is -0.347 e. The predicted molar refractivity (Wildman–Crippen MR) is 68.0 cm³/mol. The number of nitrogens with one attached hydrogen (secondary N) is 1. The Kier molecular flexibility index (Phi) is 5.05. The third kappa shape index (κ3) is 3.47. The summed E-state index contributed by atoms with van der Waals surface area (Å²) in [4.78, 5) is 8.29. The number of anilines is 1. The minimum absolute atomic E-state index is 1.01. The van der Waals surface area contributed by atoms with Crippen LogP contribution in [0.15, 0.2) is 0 Å². The molecular weight excluding hydrogens is 206 g/mol. The van der Waals surface area contributed by atoms with Gasteiger partial charge in [0.05, 0.1) is 5.69 Å². The first-order chi connectivity index (χ1) is 7.19. The molecule has 0 aromatic carbocycles. The number of likely N-dealkylation sites (N-methyl/N-ethyl adjacent to an activating group) is 1. The molecule has 0 aliphatic carbocycles. The fraction of sp³-hybridized carbons (Fsp3) is 0.727. The van der Waals surface area contributed by atoms with Gasteiger partial charge in [-0.05, 0) is 27.3 Å². The summed E-state index contributed by atoms with van der Waals surface area (Å²) in [5.41, 5.74) is 1.17. The van der Waals surface area contributed by atoms with Crippen LogP contribution in [0.5, 0.6) is 0 Å². The van der Waals surface area contributed by atoms with Gasteiger partial charge in [-0.15, -0.1) is 11.3 Å². The minimum atomic E-state index is 1.01. The Hall–Kier alpha value is -0.610. The number of rotatable bonds is 6. The molecule has 0 aliphatic rings. The molecule has 1 N–H and O–H groups in total. The molecule has 0 amide bonds. The van der Waals surface area contributed by atoms with Gasteiger partial charge in [0, 0.05) is 24.5 Å². The van der Waals surface area contributed by atoms with Crippen LogP contribution >= 0.6 is 11.3 Å². The van der Waals surface area contributed by atoms with E-state index in [1.54, 1.807) is 11.3 Å². The van der Waals surface area contributed by atoms with Gasteiger partial charge in [0.15, 0.2) is 5.13 Å². The van der Waals surface area contributed by atoms with Crippen molar-refractivity contribution in [2.45, 2.75) is 27.2 Å². The maximum Gasteiger partial charge on any atom is 0.185 e. The van der Waals surface area contributed by atoms with Crippen LogP contribution < -0.4 is 10.2 Å². The van der Waals surface area contributed by atoms with E-state index in [1.807, 2.05) is 7.05 Å². The summed E-state index contributed by atoms with van der Waals surface area (Å²) in [7, 11) is 1.99. The van der Waals surface area contributed by atoms with Gasteiger partial charge in [-0.3, -0.25) is 0 Å². The van der Waals surface area contributed by atoms with Crippen molar-refractivity contribution in [2.75, 3.05) is 31.6 Å². The summed E-state index contributed by atoms with van der Waals surface area (Å²) in [6.07, 6.45) is 1.17. The van der Waals surface area contributed by atoms with Gasteiger partial charge in [-0.1, -0.05) is 6.92 Å². The number of nitrogens with zero attached hydrogens (tertiary/aromatic N) is 2. The summed E-state index contributed by atoms with van der Waals surface area (Å²) >= 11 is 1.80. The van der Waals surface area contributed by atoms with Gasteiger partial charge in [0.1, 0.15) is 0 Å². The van der Waals surface area contributed by atoms with Crippen LogP contribution in [-0.4, -0.2) is 31.7 Å². The lowest BCUT2D eigenvalue weighted by molar-refractivity contribution is 0.707. The van der Waals surface area contributed by atoms with E-state index in [4.69, 9.17) is 0 Å². The Labute approximate surface area is 96.5 Å². The highest BCUT2D eigenvalue weighted by Gasteiger charge is 2.10.